The Morgan fingerprint density at radius 3 is 3.00 bits per heavy atom. The predicted molar refractivity (Wildman–Crippen MR) is 54.3 cm³/mol. The van der Waals surface area contributed by atoms with Gasteiger partial charge in [-0.15, -0.1) is 0 Å². The Morgan fingerprint density at radius 2 is 2.43 bits per heavy atom. The van der Waals surface area contributed by atoms with Crippen molar-refractivity contribution in [2.75, 3.05) is 19.6 Å². The number of oxime groups is 1. The fourth-order valence-electron chi connectivity index (χ4n) is 1.89. The van der Waals surface area contributed by atoms with E-state index in [2.05, 4.69) is 10.1 Å². The summed E-state index contributed by atoms with van der Waals surface area (Å²) in [5.74, 6) is 0.548. The van der Waals surface area contributed by atoms with E-state index in [0.717, 1.165) is 25.9 Å². The summed E-state index contributed by atoms with van der Waals surface area (Å²) >= 11 is 0. The molecule has 5 heteroatoms. The molecule has 1 heterocycles. The van der Waals surface area contributed by atoms with E-state index in [1.54, 1.807) is 0 Å². The largest absolute Gasteiger partial charge is 0.409 e. The summed E-state index contributed by atoms with van der Waals surface area (Å²) in [5, 5.41) is 20.8. The maximum Gasteiger partial charge on any atom is 0.153 e. The van der Waals surface area contributed by atoms with Gasteiger partial charge in [0, 0.05) is 6.54 Å². The van der Waals surface area contributed by atoms with E-state index in [4.69, 9.17) is 10.9 Å². The average Bonchev–Trinajstić information content (AvgIpc) is 2.18. The van der Waals surface area contributed by atoms with Gasteiger partial charge in [-0.1, -0.05) is 5.16 Å². The van der Waals surface area contributed by atoms with E-state index in [0.29, 0.717) is 12.5 Å². The van der Waals surface area contributed by atoms with Crippen LogP contribution in [0.3, 0.4) is 0 Å². The molecule has 0 aromatic heterocycles. The highest BCUT2D eigenvalue weighted by molar-refractivity contribution is 5.81. The lowest BCUT2D eigenvalue weighted by Gasteiger charge is -2.33. The summed E-state index contributed by atoms with van der Waals surface area (Å²) in [6.07, 6.45) is 1.85. The average molecular weight is 201 g/mol. The molecule has 4 N–H and O–H groups in total. The molecule has 0 bridgehead atoms. The Labute approximate surface area is 84.2 Å². The van der Waals surface area contributed by atoms with Gasteiger partial charge in [0.25, 0.3) is 0 Å². The maximum absolute atomic E-state index is 9.45. The molecule has 5 nitrogen and oxygen atoms in total. The minimum Gasteiger partial charge on any atom is -0.409 e. The first-order valence-electron chi connectivity index (χ1n) is 5.00. The van der Waals surface area contributed by atoms with Crippen LogP contribution in [-0.2, 0) is 0 Å². The van der Waals surface area contributed by atoms with Crippen molar-refractivity contribution in [1.82, 2.24) is 4.90 Å². The molecule has 0 aliphatic carbocycles. The first kappa shape index (κ1) is 11.3. The molecule has 1 saturated heterocycles. The molecule has 1 aliphatic heterocycles. The van der Waals surface area contributed by atoms with Crippen molar-refractivity contribution in [1.29, 1.82) is 0 Å². The Hall–Kier alpha value is -0.810. The molecule has 0 aromatic carbocycles. The van der Waals surface area contributed by atoms with Crippen molar-refractivity contribution >= 4 is 5.84 Å². The van der Waals surface area contributed by atoms with Crippen LogP contribution in [0.1, 0.15) is 19.8 Å². The molecule has 0 radical (unpaired) electrons. The fraction of sp³-hybridized carbons (Fsp3) is 0.889. The maximum atomic E-state index is 9.45. The Bertz CT molecular complexity index is 206. The Balaban J connectivity index is 2.40. The number of aliphatic hydroxyl groups excluding tert-OH is 1. The van der Waals surface area contributed by atoms with Crippen LogP contribution >= 0.6 is 0 Å². The van der Waals surface area contributed by atoms with E-state index in [1.165, 1.54) is 0 Å². The summed E-state index contributed by atoms with van der Waals surface area (Å²) < 4.78 is 0. The topological polar surface area (TPSA) is 82.1 Å². The first-order chi connectivity index (χ1) is 6.63. The first-order valence-corrected chi connectivity index (χ1v) is 5.00. The Kier molecular flexibility index (Phi) is 4.16. The van der Waals surface area contributed by atoms with E-state index in [1.807, 2.05) is 6.92 Å². The minimum atomic E-state index is -0.273. The van der Waals surface area contributed by atoms with Crippen molar-refractivity contribution < 1.29 is 10.3 Å². The van der Waals surface area contributed by atoms with Gasteiger partial charge in [-0.25, -0.2) is 0 Å². The van der Waals surface area contributed by atoms with Gasteiger partial charge in [-0.05, 0) is 32.2 Å². The minimum absolute atomic E-state index is 0.233. The van der Waals surface area contributed by atoms with Crippen molar-refractivity contribution in [2.45, 2.75) is 25.9 Å². The Morgan fingerprint density at radius 1 is 1.71 bits per heavy atom. The lowest BCUT2D eigenvalue weighted by atomic mass is 9.93. The molecule has 2 atom stereocenters. The summed E-state index contributed by atoms with van der Waals surface area (Å²) in [7, 11) is 0. The van der Waals surface area contributed by atoms with Crippen molar-refractivity contribution in [2.24, 2.45) is 16.8 Å². The van der Waals surface area contributed by atoms with Crippen LogP contribution in [-0.4, -0.2) is 46.8 Å². The second kappa shape index (κ2) is 5.17. The fourth-order valence-corrected chi connectivity index (χ4v) is 1.89. The molecular weight excluding hydrogens is 182 g/mol. The predicted octanol–water partition coefficient (Wildman–Crippen LogP) is -0.174. The second-order valence-electron chi connectivity index (χ2n) is 3.97. The van der Waals surface area contributed by atoms with E-state index in [9.17, 15) is 5.11 Å². The van der Waals surface area contributed by atoms with E-state index >= 15 is 0 Å². The zero-order chi connectivity index (χ0) is 10.6. The number of nitrogens with two attached hydrogens (primary N) is 1. The normalized spacial score (nSPS) is 27.6. The third-order valence-electron chi connectivity index (χ3n) is 2.74. The van der Waals surface area contributed by atoms with Gasteiger partial charge in [-0.3, -0.25) is 4.90 Å². The summed E-state index contributed by atoms with van der Waals surface area (Å²) in [4.78, 5) is 2.11. The second-order valence-corrected chi connectivity index (χ2v) is 3.97. The number of likely N-dealkylation sites (tertiary alicyclic amines) is 1. The summed E-state index contributed by atoms with van der Waals surface area (Å²) in [6, 6.07) is 0. The molecule has 0 saturated carbocycles. The zero-order valence-electron chi connectivity index (χ0n) is 8.56. The highest BCUT2D eigenvalue weighted by Gasteiger charge is 2.23. The molecule has 1 rings (SSSR count). The van der Waals surface area contributed by atoms with Crippen molar-refractivity contribution in [3.63, 3.8) is 0 Å². The van der Waals surface area contributed by atoms with Gasteiger partial charge in [0.1, 0.15) is 0 Å². The molecule has 0 amide bonds. The highest BCUT2D eigenvalue weighted by Crippen LogP contribution is 2.19. The summed E-state index contributed by atoms with van der Waals surface area (Å²) in [6.45, 7) is 4.09. The molecule has 1 fully saturated rings. The number of nitrogens with zero attached hydrogens (tertiary/aromatic N) is 2. The van der Waals surface area contributed by atoms with Gasteiger partial charge in [0.2, 0.25) is 0 Å². The number of hydrogen-bond donors (Lipinski definition) is 3. The van der Waals surface area contributed by atoms with Gasteiger partial charge < -0.3 is 16.0 Å². The monoisotopic (exact) mass is 201 g/mol. The quantitative estimate of drug-likeness (QED) is 0.256. The molecular formula is C9H19N3O2. The van der Waals surface area contributed by atoms with E-state index in [-0.39, 0.29) is 11.9 Å². The van der Waals surface area contributed by atoms with Gasteiger partial charge >= 0.3 is 0 Å². The van der Waals surface area contributed by atoms with Crippen LogP contribution in [0, 0.1) is 5.92 Å². The summed E-state index contributed by atoms with van der Waals surface area (Å²) in [5.41, 5.74) is 5.42. The lowest BCUT2D eigenvalue weighted by molar-refractivity contribution is 0.0686. The van der Waals surface area contributed by atoms with Crippen LogP contribution in [0.4, 0.5) is 0 Å². The van der Waals surface area contributed by atoms with Crippen LogP contribution < -0.4 is 5.73 Å². The molecule has 0 spiro atoms. The highest BCUT2D eigenvalue weighted by atomic mass is 16.4. The van der Waals surface area contributed by atoms with Crippen molar-refractivity contribution in [3.05, 3.63) is 0 Å². The molecule has 1 aliphatic rings. The number of amidine groups is 1. The van der Waals surface area contributed by atoms with Gasteiger partial charge in [0.15, 0.2) is 5.84 Å². The number of rotatable bonds is 3. The van der Waals surface area contributed by atoms with Crippen molar-refractivity contribution in [3.8, 4) is 0 Å². The van der Waals surface area contributed by atoms with Crippen LogP contribution in [0.15, 0.2) is 5.16 Å². The van der Waals surface area contributed by atoms with Gasteiger partial charge in [-0.2, -0.15) is 0 Å². The third-order valence-corrected chi connectivity index (χ3v) is 2.74. The standard InChI is InChI=1S/C9H19N3O2/c1-7(13)8-3-2-4-12(5-8)6-9(10)11-14/h7-8,13-14H,2-6H2,1H3,(H2,10,11). The number of hydrogen-bond acceptors (Lipinski definition) is 4. The molecule has 14 heavy (non-hydrogen) atoms. The third kappa shape index (κ3) is 3.16. The molecule has 2 unspecified atom stereocenters. The van der Waals surface area contributed by atoms with E-state index < -0.39 is 0 Å². The molecule has 82 valence electrons. The number of piperidine rings is 1. The SMILES string of the molecule is CC(O)C1CCCN(C/C(N)=N/O)C1. The van der Waals surface area contributed by atoms with Crippen LogP contribution in [0.2, 0.25) is 0 Å². The zero-order valence-corrected chi connectivity index (χ0v) is 8.56. The van der Waals surface area contributed by atoms with Gasteiger partial charge in [0.05, 0.1) is 12.6 Å². The smallest absolute Gasteiger partial charge is 0.153 e. The van der Waals surface area contributed by atoms with Crippen LogP contribution in [0.5, 0.6) is 0 Å². The lowest BCUT2D eigenvalue weighted by Crippen LogP contribution is -2.43. The molecule has 0 aromatic rings. The van der Waals surface area contributed by atoms with Crippen LogP contribution in [0.25, 0.3) is 0 Å². The number of aliphatic hydroxyl groups is 1.